The molecule has 2 aliphatic heterocycles. The Morgan fingerprint density at radius 3 is 2.60 bits per heavy atom. The number of carbonyl (C=O) groups excluding carboxylic acids is 2. The van der Waals surface area contributed by atoms with Gasteiger partial charge in [0.1, 0.15) is 35.9 Å². The number of aliphatic hydroxyl groups excluding tert-OH is 1. The van der Waals surface area contributed by atoms with Gasteiger partial charge in [-0.3, -0.25) is 14.1 Å². The first-order chi connectivity index (χ1) is 18.9. The van der Waals surface area contributed by atoms with Crippen LogP contribution in [0.15, 0.2) is 48.9 Å². The highest BCUT2D eigenvalue weighted by molar-refractivity contribution is 7.52. The summed E-state index contributed by atoms with van der Waals surface area (Å²) >= 11 is 5.93. The Bertz CT molecular complexity index is 1220. The Labute approximate surface area is 237 Å². The summed E-state index contributed by atoms with van der Waals surface area (Å²) in [5, 5.41) is 27.4. The molecule has 12 nitrogen and oxygen atoms in total. The number of rotatable bonds is 12. The summed E-state index contributed by atoms with van der Waals surface area (Å²) < 4.78 is 36.3. The molecule has 0 spiro atoms. The Morgan fingerprint density at radius 1 is 1.38 bits per heavy atom. The van der Waals surface area contributed by atoms with Gasteiger partial charge in [-0.25, -0.2) is 4.57 Å². The second-order valence-corrected chi connectivity index (χ2v) is 11.3. The normalized spacial score (nSPS) is 26.6. The van der Waals surface area contributed by atoms with Crippen LogP contribution in [0.5, 0.6) is 5.75 Å². The highest BCUT2D eigenvalue weighted by Gasteiger charge is 2.57. The van der Waals surface area contributed by atoms with E-state index >= 15 is 0 Å². The van der Waals surface area contributed by atoms with Crippen molar-refractivity contribution in [3.05, 3.63) is 54.0 Å². The van der Waals surface area contributed by atoms with Gasteiger partial charge in [0.05, 0.1) is 6.61 Å². The number of halogens is 1. The van der Waals surface area contributed by atoms with Crippen LogP contribution in [0.2, 0.25) is 5.02 Å². The smallest absolute Gasteiger partial charge is 0.459 e. The lowest BCUT2D eigenvalue weighted by Crippen LogP contribution is -2.54. The fourth-order valence-electron chi connectivity index (χ4n) is 3.95. The van der Waals surface area contributed by atoms with Crippen LogP contribution in [0.4, 0.5) is 0 Å². The van der Waals surface area contributed by atoms with Crippen LogP contribution in [0.1, 0.15) is 33.6 Å². The van der Waals surface area contributed by atoms with Crippen molar-refractivity contribution in [1.82, 2.24) is 15.3 Å². The van der Waals surface area contributed by atoms with Gasteiger partial charge in [-0.05, 0) is 44.0 Å². The largest absolute Gasteiger partial charge is 0.461 e. The molecule has 0 radical (unpaired) electrons. The molecule has 0 aliphatic carbocycles. The number of nitrogens with zero attached hydrogens (tertiary/aromatic N) is 1. The standard InChI is InChI=1S/C26H33ClN3O9P/c1-6-19(7-2)37-24(33)16(4)29-40(35,39-20-11-9-18(27)10-12-20)36-15-21-23(32)26(34,8-3)25(38-21)30-14-13-22(31)28-17(30)5/h3,9-14,16,19,21,23,25,32,34H,5-7,15H2,1-2,4H3,(H,28,31)(H,29,35)/t16-,21+,23+,25+,26+,40?/m0/s1. The monoisotopic (exact) mass is 597 g/mol. The molecule has 40 heavy (non-hydrogen) atoms. The third-order valence-corrected chi connectivity index (χ3v) is 8.18. The highest BCUT2D eigenvalue weighted by Crippen LogP contribution is 2.46. The molecule has 1 fully saturated rings. The van der Waals surface area contributed by atoms with Gasteiger partial charge in [0.2, 0.25) is 0 Å². The van der Waals surface area contributed by atoms with E-state index in [1.54, 1.807) is 0 Å². The highest BCUT2D eigenvalue weighted by atomic mass is 35.5. The number of nitrogens with one attached hydrogen (secondary N) is 2. The van der Waals surface area contributed by atoms with Crippen molar-refractivity contribution in [3.63, 3.8) is 0 Å². The van der Waals surface area contributed by atoms with Gasteiger partial charge in [0.15, 0.2) is 11.8 Å². The van der Waals surface area contributed by atoms with Gasteiger partial charge in [-0.1, -0.05) is 37.9 Å². The number of carbonyl (C=O) groups is 2. The molecule has 1 unspecified atom stereocenters. The molecule has 2 aliphatic rings. The van der Waals surface area contributed by atoms with E-state index in [2.05, 4.69) is 22.9 Å². The molecule has 1 aromatic carbocycles. The molecule has 218 valence electrons. The minimum atomic E-state index is -4.35. The molecular formula is C26H33ClN3O9P. The van der Waals surface area contributed by atoms with Crippen LogP contribution in [-0.2, 0) is 28.2 Å². The van der Waals surface area contributed by atoms with Gasteiger partial charge in [-0.2, -0.15) is 5.09 Å². The third kappa shape index (κ3) is 7.25. The minimum Gasteiger partial charge on any atom is -0.461 e. The van der Waals surface area contributed by atoms with E-state index in [0.717, 1.165) is 6.08 Å². The SMILES string of the molecule is C#C[C@@]1(O)[C@H](O)[C@@H](COP(=O)(N[C@@H](C)C(=O)OC(CC)CC)Oc2ccc(Cl)cc2)O[C@H]1N1C=CC(=O)NC1=C. The van der Waals surface area contributed by atoms with Crippen molar-refractivity contribution in [3.8, 4) is 18.1 Å². The molecule has 14 heteroatoms. The maximum Gasteiger partial charge on any atom is 0.459 e. The van der Waals surface area contributed by atoms with Crippen LogP contribution in [0, 0.1) is 12.3 Å². The van der Waals surface area contributed by atoms with E-state index in [0.29, 0.717) is 17.9 Å². The minimum absolute atomic E-state index is 0.0446. The van der Waals surface area contributed by atoms with Gasteiger partial charge >= 0.3 is 13.7 Å². The Morgan fingerprint density at radius 2 is 2.02 bits per heavy atom. The second-order valence-electron chi connectivity index (χ2n) is 9.16. The summed E-state index contributed by atoms with van der Waals surface area (Å²) in [7, 11) is -4.35. The first-order valence-corrected chi connectivity index (χ1v) is 14.5. The maximum absolute atomic E-state index is 13.9. The van der Waals surface area contributed by atoms with E-state index in [1.165, 1.54) is 42.3 Å². The molecule has 3 rings (SSSR count). The van der Waals surface area contributed by atoms with Crippen molar-refractivity contribution in [2.45, 2.75) is 69.8 Å². The van der Waals surface area contributed by atoms with Crippen LogP contribution >= 0.6 is 19.3 Å². The van der Waals surface area contributed by atoms with Crippen molar-refractivity contribution in [2.75, 3.05) is 6.61 Å². The van der Waals surface area contributed by atoms with Crippen LogP contribution < -0.4 is 14.9 Å². The number of amides is 1. The fourth-order valence-corrected chi connectivity index (χ4v) is 5.58. The Kier molecular flexibility index (Phi) is 10.4. The Balaban J connectivity index is 1.80. The molecule has 0 bridgehead atoms. The van der Waals surface area contributed by atoms with Crippen molar-refractivity contribution in [1.29, 1.82) is 0 Å². The van der Waals surface area contributed by atoms with E-state index < -0.39 is 56.3 Å². The van der Waals surface area contributed by atoms with Crippen LogP contribution in [0.3, 0.4) is 0 Å². The summed E-state index contributed by atoms with van der Waals surface area (Å²) in [4.78, 5) is 25.5. The summed E-state index contributed by atoms with van der Waals surface area (Å²) in [5.41, 5.74) is -2.27. The van der Waals surface area contributed by atoms with E-state index in [-0.39, 0.29) is 17.7 Å². The summed E-state index contributed by atoms with van der Waals surface area (Å²) in [6.45, 7) is 8.29. The lowest BCUT2D eigenvalue weighted by Gasteiger charge is -2.36. The zero-order valence-electron chi connectivity index (χ0n) is 22.3. The van der Waals surface area contributed by atoms with E-state index in [1.807, 2.05) is 13.8 Å². The van der Waals surface area contributed by atoms with Crippen molar-refractivity contribution >= 4 is 31.2 Å². The van der Waals surface area contributed by atoms with Crippen LogP contribution in [0.25, 0.3) is 0 Å². The quantitative estimate of drug-likeness (QED) is 0.159. The predicted molar refractivity (Wildman–Crippen MR) is 145 cm³/mol. The number of benzene rings is 1. The Hall–Kier alpha value is -2.88. The first kappa shape index (κ1) is 31.6. The third-order valence-electron chi connectivity index (χ3n) is 6.28. The molecule has 1 amide bonds. The molecule has 1 aromatic rings. The average Bonchev–Trinajstić information content (AvgIpc) is 3.17. The zero-order valence-corrected chi connectivity index (χ0v) is 23.9. The molecule has 0 aromatic heterocycles. The second kappa shape index (κ2) is 13.2. The fraction of sp³-hybridized carbons (Fsp3) is 0.462. The molecule has 4 N–H and O–H groups in total. The predicted octanol–water partition coefficient (Wildman–Crippen LogP) is 2.42. The van der Waals surface area contributed by atoms with E-state index in [9.17, 15) is 24.4 Å². The number of esters is 1. The van der Waals surface area contributed by atoms with Gasteiger partial charge in [0.25, 0.3) is 5.91 Å². The van der Waals surface area contributed by atoms with Crippen molar-refractivity contribution in [2.24, 2.45) is 0 Å². The lowest BCUT2D eigenvalue weighted by molar-refractivity contribution is -0.151. The number of ether oxygens (including phenoxy) is 2. The topological polar surface area (TPSA) is 156 Å². The molecule has 1 saturated heterocycles. The molecule has 2 heterocycles. The number of aliphatic hydroxyl groups is 2. The summed E-state index contributed by atoms with van der Waals surface area (Å²) in [6, 6.07) is 4.79. The summed E-state index contributed by atoms with van der Waals surface area (Å²) in [6.07, 6.45) is 4.44. The lowest BCUT2D eigenvalue weighted by atomic mass is 9.94. The van der Waals surface area contributed by atoms with E-state index in [4.69, 9.17) is 36.5 Å². The number of terminal acetylenes is 1. The average molecular weight is 598 g/mol. The summed E-state index contributed by atoms with van der Waals surface area (Å²) in [5.74, 6) is 1.15. The maximum atomic E-state index is 13.9. The molecular weight excluding hydrogens is 565 g/mol. The number of hydrogen-bond donors (Lipinski definition) is 4. The van der Waals surface area contributed by atoms with Crippen molar-refractivity contribution < 1.29 is 42.9 Å². The van der Waals surface area contributed by atoms with Gasteiger partial charge in [0, 0.05) is 17.3 Å². The first-order valence-electron chi connectivity index (χ1n) is 12.5. The number of hydrogen-bond acceptors (Lipinski definition) is 10. The van der Waals surface area contributed by atoms with Crippen LogP contribution in [-0.4, -0.2) is 69.8 Å². The zero-order chi connectivity index (χ0) is 29.7. The molecule has 6 atom stereocenters. The van der Waals surface area contributed by atoms with Gasteiger partial charge in [-0.15, -0.1) is 6.42 Å². The van der Waals surface area contributed by atoms with Gasteiger partial charge < -0.3 is 34.4 Å². The molecule has 0 saturated carbocycles.